The number of nitrogen functional groups attached to an aromatic ring is 1. The van der Waals surface area contributed by atoms with E-state index in [1.165, 1.54) is 4.90 Å². The molecule has 0 radical (unpaired) electrons. The van der Waals surface area contributed by atoms with E-state index in [0.29, 0.717) is 46.6 Å². The smallest absolute Gasteiger partial charge is 0.329 e. The molecule has 1 amide bonds. The summed E-state index contributed by atoms with van der Waals surface area (Å²) >= 11 is 0. The van der Waals surface area contributed by atoms with Crippen LogP contribution < -0.4 is 25.2 Å². The summed E-state index contributed by atoms with van der Waals surface area (Å²) in [5.74, 6) is 0.750. The van der Waals surface area contributed by atoms with Crippen LogP contribution in [0.3, 0.4) is 0 Å². The number of piperidine rings is 1. The van der Waals surface area contributed by atoms with Crippen LogP contribution >= 0.6 is 0 Å². The molecule has 354 valence electrons. The van der Waals surface area contributed by atoms with Crippen LogP contribution in [0.15, 0.2) is 59.3 Å². The highest BCUT2D eigenvalue weighted by atomic mass is 16.6. The number of nitrogens with two attached hydrogens (primary N) is 1. The number of aliphatic hydroxyl groups is 1. The van der Waals surface area contributed by atoms with Gasteiger partial charge in [-0.2, -0.15) is 0 Å². The predicted molar refractivity (Wildman–Crippen MR) is 248 cm³/mol. The van der Waals surface area contributed by atoms with Gasteiger partial charge in [0.1, 0.15) is 29.4 Å². The molecule has 5 atom stereocenters. The number of carbonyl (C=O) groups excluding carboxylic acids is 2. The van der Waals surface area contributed by atoms with Crippen LogP contribution in [-0.4, -0.2) is 128 Å². The number of carbonyl (C=O) groups is 2. The summed E-state index contributed by atoms with van der Waals surface area (Å²) in [6.45, 7) is 12.4. The lowest BCUT2D eigenvalue weighted by Crippen LogP contribution is -2.54. The molecule has 1 aliphatic carbocycles. The van der Waals surface area contributed by atoms with Crippen molar-refractivity contribution in [2.24, 2.45) is 5.92 Å². The van der Waals surface area contributed by atoms with Crippen LogP contribution in [0.5, 0.6) is 11.6 Å². The summed E-state index contributed by atoms with van der Waals surface area (Å²) < 4.78 is 24.6. The molecule has 4 N–H and O–H groups in total. The molecule has 7 heterocycles. The standard InChI is InChI=1S/C49H65N9O8/c1-29(2)45(47(61)57-28-33(59)23-40(57)48(62)65-49(3,4)5)42-25-43(54-66-42)55-20-17-36(18-21-55)63-34-12-14-35(15-13-34)64-44-22-30(16-19-51-44)58-31-10-11-32(58)27-56(26-31)39-24-38(52-53-46(39)50)37-8-6-7-9-41(37)60/h6-9,16,19,22,24-25,29,31-36,40,45,59-60H,10-15,17-18,20-21,23,26-28H2,1-5H3,(H2,50,53)/t31?,32?,33-,34-,35+,40+,45-/m1/s1. The van der Waals surface area contributed by atoms with Crippen LogP contribution in [0.25, 0.3) is 11.3 Å². The minimum absolute atomic E-state index is 0.0657. The number of aromatic hydroxyl groups is 1. The minimum atomic E-state index is -0.853. The maximum atomic E-state index is 14.0. The van der Waals surface area contributed by atoms with Gasteiger partial charge in [0.05, 0.1) is 29.7 Å². The van der Waals surface area contributed by atoms with Gasteiger partial charge in [0.25, 0.3) is 0 Å². The van der Waals surface area contributed by atoms with Gasteiger partial charge in [-0.3, -0.25) is 4.79 Å². The van der Waals surface area contributed by atoms with Crippen molar-refractivity contribution in [3.8, 4) is 22.9 Å². The third kappa shape index (κ3) is 9.87. The van der Waals surface area contributed by atoms with Crippen molar-refractivity contribution in [3.05, 3.63) is 60.5 Å². The number of likely N-dealkylation sites (tertiary alicyclic amines) is 1. The Kier molecular flexibility index (Phi) is 13.0. The number of phenolic OH excluding ortho intramolecular Hbond substituents is 1. The van der Waals surface area contributed by atoms with Crippen molar-refractivity contribution in [1.82, 2.24) is 25.2 Å². The van der Waals surface area contributed by atoms with E-state index in [1.54, 1.807) is 32.9 Å². The second-order valence-corrected chi connectivity index (χ2v) is 20.1. The summed E-state index contributed by atoms with van der Waals surface area (Å²) in [4.78, 5) is 40.1. The van der Waals surface area contributed by atoms with Gasteiger partial charge in [0.15, 0.2) is 17.4 Å². The van der Waals surface area contributed by atoms with E-state index in [1.807, 2.05) is 44.3 Å². The Morgan fingerprint density at radius 1 is 0.864 bits per heavy atom. The average Bonchev–Trinajstić information content (AvgIpc) is 4.00. The molecule has 5 fully saturated rings. The summed E-state index contributed by atoms with van der Waals surface area (Å²) in [6, 6.07) is 14.8. The van der Waals surface area contributed by atoms with Gasteiger partial charge in [-0.15, -0.1) is 10.2 Å². The number of hydrogen-bond donors (Lipinski definition) is 3. The van der Waals surface area contributed by atoms with E-state index in [-0.39, 0.29) is 48.9 Å². The van der Waals surface area contributed by atoms with Gasteiger partial charge in [-0.1, -0.05) is 31.1 Å². The number of hydrogen-bond acceptors (Lipinski definition) is 16. The lowest BCUT2D eigenvalue weighted by molar-refractivity contribution is -0.163. The van der Waals surface area contributed by atoms with Gasteiger partial charge in [0.2, 0.25) is 11.8 Å². The Morgan fingerprint density at radius 2 is 1.56 bits per heavy atom. The second kappa shape index (κ2) is 18.9. The molecular weight excluding hydrogens is 843 g/mol. The van der Waals surface area contributed by atoms with Crippen molar-refractivity contribution in [3.63, 3.8) is 0 Å². The number of aliphatic hydroxyl groups excluding tert-OH is 1. The maximum Gasteiger partial charge on any atom is 0.329 e. The fourth-order valence-corrected chi connectivity index (χ4v) is 10.7. The van der Waals surface area contributed by atoms with Crippen molar-refractivity contribution >= 4 is 34.9 Å². The van der Waals surface area contributed by atoms with E-state index in [9.17, 15) is 19.8 Å². The van der Waals surface area contributed by atoms with E-state index >= 15 is 0 Å². The number of piperazine rings is 1. The molecule has 4 saturated heterocycles. The average molecular weight is 908 g/mol. The Labute approximate surface area is 386 Å². The number of benzene rings is 1. The number of phenols is 1. The summed E-state index contributed by atoms with van der Waals surface area (Å²) in [5, 5.41) is 33.9. The molecule has 4 aromatic rings. The molecule has 2 bridgehead atoms. The van der Waals surface area contributed by atoms with Crippen molar-refractivity contribution in [1.29, 1.82) is 0 Å². The maximum absolute atomic E-state index is 14.0. The first kappa shape index (κ1) is 45.5. The highest BCUT2D eigenvalue weighted by molar-refractivity contribution is 5.89. The molecule has 66 heavy (non-hydrogen) atoms. The highest BCUT2D eigenvalue weighted by Crippen LogP contribution is 2.40. The summed E-state index contributed by atoms with van der Waals surface area (Å²) in [6.07, 6.45) is 9.09. The molecule has 0 spiro atoms. The number of pyridine rings is 1. The summed E-state index contributed by atoms with van der Waals surface area (Å²) in [7, 11) is 0. The van der Waals surface area contributed by atoms with E-state index in [0.717, 1.165) is 88.9 Å². The molecule has 9 rings (SSSR count). The zero-order valence-corrected chi connectivity index (χ0v) is 38.8. The topological polar surface area (TPSA) is 206 Å². The van der Waals surface area contributed by atoms with Crippen LogP contribution in [0, 0.1) is 5.92 Å². The molecule has 3 aromatic heterocycles. The number of para-hydroxylation sites is 1. The molecule has 17 nitrogen and oxygen atoms in total. The van der Waals surface area contributed by atoms with Crippen LogP contribution in [0.1, 0.15) is 104 Å². The highest BCUT2D eigenvalue weighted by Gasteiger charge is 2.45. The third-order valence-corrected chi connectivity index (χ3v) is 13.9. The number of esters is 1. The largest absolute Gasteiger partial charge is 0.507 e. The van der Waals surface area contributed by atoms with Crippen molar-refractivity contribution < 1.29 is 38.5 Å². The molecule has 5 aliphatic rings. The first-order valence-corrected chi connectivity index (χ1v) is 23.8. The fraction of sp³-hybridized carbons (Fsp3) is 0.592. The molecule has 4 aliphatic heterocycles. The number of nitrogens with zero attached hydrogens (tertiary/aromatic N) is 8. The second-order valence-electron chi connectivity index (χ2n) is 20.1. The molecule has 2 unspecified atom stereocenters. The number of aromatic nitrogens is 4. The monoisotopic (exact) mass is 907 g/mol. The number of amides is 1. The quantitative estimate of drug-likeness (QED) is 0.138. The molecule has 17 heteroatoms. The van der Waals surface area contributed by atoms with Gasteiger partial charge >= 0.3 is 5.97 Å². The van der Waals surface area contributed by atoms with Gasteiger partial charge in [-0.05, 0) is 102 Å². The van der Waals surface area contributed by atoms with Gasteiger partial charge in [0, 0.05) is 80.8 Å². The van der Waals surface area contributed by atoms with Gasteiger partial charge < -0.3 is 54.3 Å². The zero-order valence-electron chi connectivity index (χ0n) is 38.8. The lowest BCUT2D eigenvalue weighted by atomic mass is 9.91. The number of fused-ring (bicyclic) bond motifs is 2. The predicted octanol–water partition coefficient (Wildman–Crippen LogP) is 6.09. The molecule has 1 aromatic carbocycles. The number of β-amino-alcohol motifs (C(OH)–C–C–N with tert-alkyl or cyclic N) is 1. The third-order valence-electron chi connectivity index (χ3n) is 13.9. The zero-order chi connectivity index (χ0) is 46.3. The van der Waals surface area contributed by atoms with Gasteiger partial charge in [-0.25, -0.2) is 9.78 Å². The normalized spacial score (nSPS) is 25.4. The fourth-order valence-electron chi connectivity index (χ4n) is 10.7. The number of rotatable bonds is 12. The summed E-state index contributed by atoms with van der Waals surface area (Å²) in [5.41, 5.74) is 8.86. The van der Waals surface area contributed by atoms with Crippen LogP contribution in [-0.2, 0) is 19.1 Å². The Bertz CT molecular complexity index is 2320. The van der Waals surface area contributed by atoms with Crippen molar-refractivity contribution in [2.75, 3.05) is 53.2 Å². The molecular formula is C49H65N9O8. The van der Waals surface area contributed by atoms with E-state index < -0.39 is 29.6 Å². The Hall–Kier alpha value is -5.68. The first-order valence-electron chi connectivity index (χ1n) is 23.8. The first-order chi connectivity index (χ1) is 31.7. The minimum Gasteiger partial charge on any atom is -0.507 e. The number of anilines is 4. The SMILES string of the molecule is CC(C)[C@@H](C(=O)N1C[C@H](O)C[C@H]1C(=O)OC(C)(C)C)c1cc(N2CCC(O[C@H]3CC[C@@H](Oc4cc(N5C6CCC5CN(c5cc(-c7ccccc7O)nnc5N)C6)ccn4)CC3)CC2)no1. The van der Waals surface area contributed by atoms with E-state index in [4.69, 9.17) is 24.5 Å². The van der Waals surface area contributed by atoms with E-state index in [2.05, 4.69) is 47.2 Å². The Balaban J connectivity index is 0.740. The van der Waals surface area contributed by atoms with Crippen LogP contribution in [0.4, 0.5) is 23.0 Å². The number of ether oxygens (including phenoxy) is 3. The van der Waals surface area contributed by atoms with Crippen LogP contribution in [0.2, 0.25) is 0 Å². The lowest BCUT2D eigenvalue weighted by Gasteiger charge is -2.43. The van der Waals surface area contributed by atoms with Crippen molar-refractivity contribution in [2.45, 2.75) is 146 Å². The molecule has 1 saturated carbocycles. The Morgan fingerprint density at radius 3 is 2.26 bits per heavy atom.